The van der Waals surface area contributed by atoms with Crippen LogP contribution in [0, 0.1) is 12.8 Å². The summed E-state index contributed by atoms with van der Waals surface area (Å²) < 4.78 is 16.5. The number of hydrogen-bond donors (Lipinski definition) is 1. The molecule has 1 saturated carbocycles. The Balaban J connectivity index is 1.46. The van der Waals surface area contributed by atoms with Gasteiger partial charge in [0.15, 0.2) is 0 Å². The summed E-state index contributed by atoms with van der Waals surface area (Å²) in [5.74, 6) is 2.89. The number of methoxy groups -OCH3 is 1. The van der Waals surface area contributed by atoms with E-state index in [1.165, 1.54) is 20.0 Å². The van der Waals surface area contributed by atoms with Crippen LogP contribution < -0.4 is 14.8 Å². The number of ether oxygens (including phenoxy) is 3. The van der Waals surface area contributed by atoms with E-state index in [0.717, 1.165) is 46.1 Å². The number of nitrogens with one attached hydrogen (secondary N) is 1. The average Bonchev–Trinajstić information content (AvgIpc) is 3.58. The van der Waals surface area contributed by atoms with Crippen LogP contribution in [0.1, 0.15) is 36.9 Å². The molecule has 2 aromatic carbocycles. The van der Waals surface area contributed by atoms with E-state index in [1.807, 2.05) is 62.4 Å². The zero-order valence-corrected chi connectivity index (χ0v) is 17.5. The van der Waals surface area contributed by atoms with Gasteiger partial charge in [-0.25, -0.2) is 9.78 Å². The molecule has 3 aromatic rings. The average molecular weight is 406 g/mol. The molecule has 1 heterocycles. The van der Waals surface area contributed by atoms with E-state index in [0.29, 0.717) is 5.88 Å². The van der Waals surface area contributed by atoms with Crippen molar-refractivity contribution in [2.24, 2.45) is 5.92 Å². The van der Waals surface area contributed by atoms with Crippen LogP contribution in [-0.2, 0) is 4.74 Å². The first-order chi connectivity index (χ1) is 14.5. The topological polar surface area (TPSA) is 69.7 Å². The molecular formula is C24H26N2O4. The molecule has 156 valence electrons. The van der Waals surface area contributed by atoms with Gasteiger partial charge in [-0.15, -0.1) is 0 Å². The Labute approximate surface area is 176 Å². The van der Waals surface area contributed by atoms with Crippen molar-refractivity contribution in [2.75, 3.05) is 13.7 Å². The van der Waals surface area contributed by atoms with E-state index < -0.39 is 6.09 Å². The number of aryl methyl sites for hydroxylation is 1. The van der Waals surface area contributed by atoms with Gasteiger partial charge < -0.3 is 19.5 Å². The van der Waals surface area contributed by atoms with Crippen molar-refractivity contribution in [2.45, 2.75) is 32.7 Å². The first-order valence-electron chi connectivity index (χ1n) is 10.2. The molecule has 0 bridgehead atoms. The van der Waals surface area contributed by atoms with Gasteiger partial charge in [-0.05, 0) is 80.1 Å². The molecule has 6 heteroatoms. The van der Waals surface area contributed by atoms with Crippen molar-refractivity contribution in [1.29, 1.82) is 0 Å². The lowest BCUT2D eigenvalue weighted by molar-refractivity contribution is 0.167. The van der Waals surface area contributed by atoms with Crippen LogP contribution >= 0.6 is 0 Å². The second kappa shape index (κ2) is 8.61. The van der Waals surface area contributed by atoms with E-state index in [9.17, 15) is 4.79 Å². The van der Waals surface area contributed by atoms with Crippen LogP contribution in [0.25, 0.3) is 10.9 Å². The van der Waals surface area contributed by atoms with Crippen LogP contribution in [0.15, 0.2) is 48.5 Å². The molecule has 6 nitrogen and oxygen atoms in total. The second-order valence-electron chi connectivity index (χ2n) is 7.74. The monoisotopic (exact) mass is 406 g/mol. The molecule has 1 atom stereocenters. The smallest absolute Gasteiger partial charge is 0.407 e. The fraction of sp³-hybridized carbons (Fsp3) is 0.333. The number of pyridine rings is 1. The third-order valence-electron chi connectivity index (χ3n) is 5.25. The molecule has 4 rings (SSSR count). The number of carbonyl (C=O) groups excluding carboxylic acids is 1. The van der Waals surface area contributed by atoms with Gasteiger partial charge in [-0.3, -0.25) is 0 Å². The van der Waals surface area contributed by atoms with E-state index >= 15 is 0 Å². The molecule has 30 heavy (non-hydrogen) atoms. The number of carbonyl (C=O) groups is 1. The number of aromatic nitrogens is 1. The quantitative estimate of drug-likeness (QED) is 0.558. The van der Waals surface area contributed by atoms with Crippen LogP contribution in [0.5, 0.6) is 17.4 Å². The molecule has 1 unspecified atom stereocenters. The summed E-state index contributed by atoms with van der Waals surface area (Å²) in [7, 11) is 1.35. The van der Waals surface area contributed by atoms with Crippen LogP contribution in [0.2, 0.25) is 0 Å². The molecule has 0 saturated heterocycles. The van der Waals surface area contributed by atoms with Gasteiger partial charge in [-0.1, -0.05) is 6.07 Å². The number of alkyl carbamates (subject to hydrolysis) is 1. The van der Waals surface area contributed by atoms with Crippen molar-refractivity contribution < 1.29 is 19.0 Å². The summed E-state index contributed by atoms with van der Waals surface area (Å²) in [5, 5.41) is 3.74. The zero-order chi connectivity index (χ0) is 21.1. The number of amides is 1. The minimum Gasteiger partial charge on any atom is -0.493 e. The summed E-state index contributed by atoms with van der Waals surface area (Å²) in [5.41, 5.74) is 2.80. The van der Waals surface area contributed by atoms with Crippen molar-refractivity contribution in [3.05, 3.63) is 59.7 Å². The lowest BCUT2D eigenvalue weighted by Gasteiger charge is -2.14. The number of fused-ring (bicyclic) bond motifs is 1. The number of rotatable bonds is 7. The van der Waals surface area contributed by atoms with E-state index in [-0.39, 0.29) is 6.04 Å². The predicted molar refractivity (Wildman–Crippen MR) is 115 cm³/mol. The Hall–Kier alpha value is -3.28. The highest BCUT2D eigenvalue weighted by Crippen LogP contribution is 2.32. The second-order valence-corrected chi connectivity index (χ2v) is 7.74. The summed E-state index contributed by atoms with van der Waals surface area (Å²) in [6, 6.07) is 15.4. The van der Waals surface area contributed by atoms with Gasteiger partial charge in [0.25, 0.3) is 0 Å². The first kappa shape index (κ1) is 20.0. The maximum absolute atomic E-state index is 11.4. The van der Waals surface area contributed by atoms with E-state index in [1.54, 1.807) is 0 Å². The molecule has 1 N–H and O–H groups in total. The van der Waals surface area contributed by atoms with Crippen molar-refractivity contribution in [1.82, 2.24) is 10.3 Å². The van der Waals surface area contributed by atoms with Gasteiger partial charge >= 0.3 is 6.09 Å². The van der Waals surface area contributed by atoms with Gasteiger partial charge in [0.1, 0.15) is 11.5 Å². The van der Waals surface area contributed by atoms with Crippen LogP contribution in [0.4, 0.5) is 4.79 Å². The highest BCUT2D eigenvalue weighted by molar-refractivity contribution is 5.80. The van der Waals surface area contributed by atoms with Gasteiger partial charge in [0.2, 0.25) is 5.88 Å². The Morgan fingerprint density at radius 2 is 2.00 bits per heavy atom. The molecule has 1 aliphatic rings. The Morgan fingerprint density at radius 3 is 2.73 bits per heavy atom. The number of benzene rings is 2. The largest absolute Gasteiger partial charge is 0.493 e. The first-order valence-corrected chi connectivity index (χ1v) is 10.2. The fourth-order valence-corrected chi connectivity index (χ4v) is 3.21. The minimum atomic E-state index is -0.455. The number of nitrogens with zero attached hydrogens (tertiary/aromatic N) is 1. The molecule has 0 radical (unpaired) electrons. The van der Waals surface area contributed by atoms with Crippen LogP contribution in [-0.4, -0.2) is 24.8 Å². The summed E-state index contributed by atoms with van der Waals surface area (Å²) >= 11 is 0. The van der Waals surface area contributed by atoms with E-state index in [2.05, 4.69) is 15.0 Å². The summed E-state index contributed by atoms with van der Waals surface area (Å²) in [6.45, 7) is 4.70. The minimum absolute atomic E-state index is 0.166. The van der Waals surface area contributed by atoms with Crippen LogP contribution in [0.3, 0.4) is 0 Å². The third-order valence-corrected chi connectivity index (χ3v) is 5.25. The Bertz CT molecular complexity index is 1060. The lowest BCUT2D eigenvalue weighted by atomic mass is 10.1. The summed E-state index contributed by atoms with van der Waals surface area (Å²) in [6.07, 6.45) is 2.09. The van der Waals surface area contributed by atoms with Gasteiger partial charge in [0, 0.05) is 11.5 Å². The molecule has 0 spiro atoms. The van der Waals surface area contributed by atoms with Crippen molar-refractivity contribution >= 4 is 17.0 Å². The molecule has 1 aliphatic carbocycles. The van der Waals surface area contributed by atoms with Crippen molar-refractivity contribution in [3.63, 3.8) is 0 Å². The normalized spacial score (nSPS) is 14.2. The molecule has 0 aliphatic heterocycles. The lowest BCUT2D eigenvalue weighted by Crippen LogP contribution is -2.26. The van der Waals surface area contributed by atoms with Crippen molar-refractivity contribution in [3.8, 4) is 17.4 Å². The van der Waals surface area contributed by atoms with Gasteiger partial charge in [-0.2, -0.15) is 0 Å². The fourth-order valence-electron chi connectivity index (χ4n) is 3.21. The maximum atomic E-state index is 11.4. The Morgan fingerprint density at radius 1 is 1.17 bits per heavy atom. The molecule has 1 fully saturated rings. The molecular weight excluding hydrogens is 380 g/mol. The Kier molecular flexibility index (Phi) is 5.74. The zero-order valence-electron chi connectivity index (χ0n) is 17.5. The maximum Gasteiger partial charge on any atom is 0.407 e. The summed E-state index contributed by atoms with van der Waals surface area (Å²) in [4.78, 5) is 16.0. The third kappa shape index (κ3) is 4.82. The van der Waals surface area contributed by atoms with Gasteiger partial charge in [0.05, 0.1) is 25.3 Å². The standard InChI is InChI=1S/C24H26N2O4/c1-15-12-20(29-14-17-4-5-17)8-10-22(15)30-23-11-7-19-13-18(6-9-21(19)26-23)16(2)25-24(27)28-3/h6-13,16-17H,4-5,14H2,1-3H3,(H,25,27). The molecule has 1 amide bonds. The highest BCUT2D eigenvalue weighted by Gasteiger charge is 2.22. The number of hydrogen-bond acceptors (Lipinski definition) is 5. The SMILES string of the molecule is COC(=O)NC(C)c1ccc2nc(Oc3ccc(OCC4CC4)cc3C)ccc2c1. The van der Waals surface area contributed by atoms with E-state index in [4.69, 9.17) is 9.47 Å². The predicted octanol–water partition coefficient (Wildman–Crippen LogP) is 5.54. The highest BCUT2D eigenvalue weighted by atomic mass is 16.5. The molecule has 1 aromatic heterocycles.